The van der Waals surface area contributed by atoms with Crippen molar-refractivity contribution in [1.29, 1.82) is 0 Å². The Hall–Kier alpha value is -1.53. The standard InChI is InChI=1S/C7H10F2N4O/c1-4(7(2,8)9)5(14)12-6-10-3-11-13-6/h3-4H,1-2H3,(H2,10,11,12,13,14). The summed E-state index contributed by atoms with van der Waals surface area (Å²) < 4.78 is 25.4. The topological polar surface area (TPSA) is 70.7 Å². The van der Waals surface area contributed by atoms with Crippen molar-refractivity contribution in [1.82, 2.24) is 15.2 Å². The Morgan fingerprint density at radius 1 is 1.71 bits per heavy atom. The summed E-state index contributed by atoms with van der Waals surface area (Å²) in [6.45, 7) is 1.84. The molecule has 14 heavy (non-hydrogen) atoms. The van der Waals surface area contributed by atoms with E-state index in [-0.39, 0.29) is 5.95 Å². The molecule has 0 saturated heterocycles. The highest BCUT2D eigenvalue weighted by Crippen LogP contribution is 2.23. The van der Waals surface area contributed by atoms with Gasteiger partial charge in [0.05, 0.1) is 5.92 Å². The van der Waals surface area contributed by atoms with Gasteiger partial charge in [-0.1, -0.05) is 0 Å². The molecule has 0 aliphatic rings. The summed E-state index contributed by atoms with van der Waals surface area (Å²) in [5, 5.41) is 7.97. The Morgan fingerprint density at radius 3 is 2.79 bits per heavy atom. The number of alkyl halides is 2. The molecule has 1 aromatic rings. The number of aromatic amines is 1. The van der Waals surface area contributed by atoms with Crippen LogP contribution in [-0.4, -0.2) is 27.0 Å². The summed E-state index contributed by atoms with van der Waals surface area (Å²) in [6, 6.07) is 0. The lowest BCUT2D eigenvalue weighted by atomic mass is 10.1. The van der Waals surface area contributed by atoms with Gasteiger partial charge >= 0.3 is 0 Å². The van der Waals surface area contributed by atoms with Gasteiger partial charge in [-0.15, -0.1) is 0 Å². The molecule has 1 rings (SSSR count). The average Bonchev–Trinajstić information content (AvgIpc) is 2.53. The molecular formula is C7H10F2N4O. The molecule has 1 amide bonds. The second-order valence-electron chi connectivity index (χ2n) is 3.00. The van der Waals surface area contributed by atoms with Crippen LogP contribution in [-0.2, 0) is 4.79 Å². The van der Waals surface area contributed by atoms with E-state index >= 15 is 0 Å². The maximum atomic E-state index is 12.7. The minimum Gasteiger partial charge on any atom is -0.294 e. The highest BCUT2D eigenvalue weighted by molar-refractivity contribution is 5.91. The number of aromatic nitrogens is 3. The molecule has 0 fully saturated rings. The summed E-state index contributed by atoms with van der Waals surface area (Å²) >= 11 is 0. The number of halogens is 2. The zero-order valence-corrected chi connectivity index (χ0v) is 7.71. The fourth-order valence-corrected chi connectivity index (χ4v) is 0.721. The van der Waals surface area contributed by atoms with Crippen molar-refractivity contribution < 1.29 is 13.6 Å². The summed E-state index contributed by atoms with van der Waals surface area (Å²) in [4.78, 5) is 14.8. The first-order chi connectivity index (χ1) is 6.41. The Bertz CT molecular complexity index is 306. The zero-order chi connectivity index (χ0) is 10.8. The van der Waals surface area contributed by atoms with E-state index in [4.69, 9.17) is 0 Å². The third-order valence-electron chi connectivity index (χ3n) is 1.81. The maximum absolute atomic E-state index is 12.7. The molecule has 0 saturated carbocycles. The van der Waals surface area contributed by atoms with Crippen molar-refractivity contribution >= 4 is 11.9 Å². The lowest BCUT2D eigenvalue weighted by molar-refractivity contribution is -0.130. The maximum Gasteiger partial charge on any atom is 0.256 e. The molecule has 0 aromatic carbocycles. The van der Waals surface area contributed by atoms with Crippen molar-refractivity contribution in [2.24, 2.45) is 5.92 Å². The van der Waals surface area contributed by atoms with Crippen molar-refractivity contribution in [3.63, 3.8) is 0 Å². The molecule has 78 valence electrons. The first kappa shape index (κ1) is 10.6. The first-order valence-electron chi connectivity index (χ1n) is 3.95. The van der Waals surface area contributed by atoms with E-state index in [9.17, 15) is 13.6 Å². The van der Waals surface area contributed by atoms with Crippen molar-refractivity contribution in [3.8, 4) is 0 Å². The van der Waals surface area contributed by atoms with Crippen LogP contribution in [0.2, 0.25) is 0 Å². The quantitative estimate of drug-likeness (QED) is 0.772. The van der Waals surface area contributed by atoms with Gasteiger partial charge in [-0.05, 0) is 6.92 Å². The predicted octanol–water partition coefficient (Wildman–Crippen LogP) is 1.03. The third kappa shape index (κ3) is 2.48. The number of carbonyl (C=O) groups excluding carboxylic acids is 1. The Balaban J connectivity index is 2.59. The molecular weight excluding hydrogens is 194 g/mol. The van der Waals surface area contributed by atoms with E-state index in [1.807, 2.05) is 0 Å². The fourth-order valence-electron chi connectivity index (χ4n) is 0.721. The highest BCUT2D eigenvalue weighted by Gasteiger charge is 2.36. The van der Waals surface area contributed by atoms with Crippen molar-refractivity contribution in [2.45, 2.75) is 19.8 Å². The molecule has 0 radical (unpaired) electrons. The molecule has 0 aliphatic heterocycles. The largest absolute Gasteiger partial charge is 0.294 e. The van der Waals surface area contributed by atoms with Gasteiger partial charge in [0, 0.05) is 6.92 Å². The lowest BCUT2D eigenvalue weighted by Gasteiger charge is -2.17. The number of carbonyl (C=O) groups is 1. The number of rotatable bonds is 3. The monoisotopic (exact) mass is 204 g/mol. The van der Waals surface area contributed by atoms with Gasteiger partial charge in [-0.25, -0.2) is 13.9 Å². The van der Waals surface area contributed by atoms with E-state index in [2.05, 4.69) is 20.5 Å². The molecule has 5 nitrogen and oxygen atoms in total. The van der Waals surface area contributed by atoms with E-state index in [0.717, 1.165) is 6.92 Å². The van der Waals surface area contributed by atoms with Gasteiger partial charge in [0.15, 0.2) is 0 Å². The number of anilines is 1. The molecule has 0 spiro atoms. The first-order valence-corrected chi connectivity index (χ1v) is 3.95. The number of hydrogen-bond acceptors (Lipinski definition) is 3. The fraction of sp³-hybridized carbons (Fsp3) is 0.571. The van der Waals surface area contributed by atoms with Crippen LogP contribution >= 0.6 is 0 Å². The number of nitrogens with one attached hydrogen (secondary N) is 2. The van der Waals surface area contributed by atoms with Gasteiger partial charge in [-0.2, -0.15) is 10.1 Å². The smallest absolute Gasteiger partial charge is 0.256 e. The summed E-state index contributed by atoms with van der Waals surface area (Å²) in [6.07, 6.45) is 1.17. The van der Waals surface area contributed by atoms with Crippen LogP contribution in [0.1, 0.15) is 13.8 Å². The van der Waals surface area contributed by atoms with Crippen LogP contribution in [0.4, 0.5) is 14.7 Å². The molecule has 1 heterocycles. The lowest BCUT2D eigenvalue weighted by Crippen LogP contribution is -2.33. The summed E-state index contributed by atoms with van der Waals surface area (Å²) in [5.74, 6) is -5.20. The van der Waals surface area contributed by atoms with Crippen LogP contribution in [0, 0.1) is 5.92 Å². The van der Waals surface area contributed by atoms with E-state index in [0.29, 0.717) is 6.92 Å². The van der Waals surface area contributed by atoms with E-state index in [1.54, 1.807) is 0 Å². The zero-order valence-electron chi connectivity index (χ0n) is 7.71. The molecule has 1 atom stereocenters. The molecule has 1 aromatic heterocycles. The van der Waals surface area contributed by atoms with Gasteiger partial charge in [0.2, 0.25) is 11.9 Å². The average molecular weight is 204 g/mol. The minimum absolute atomic E-state index is 0.0612. The molecule has 2 N–H and O–H groups in total. The van der Waals surface area contributed by atoms with E-state index < -0.39 is 17.7 Å². The Morgan fingerprint density at radius 2 is 2.36 bits per heavy atom. The van der Waals surface area contributed by atoms with Crippen molar-refractivity contribution in [3.05, 3.63) is 6.33 Å². The summed E-state index contributed by atoms with van der Waals surface area (Å²) in [5.41, 5.74) is 0. The van der Waals surface area contributed by atoms with Crippen LogP contribution < -0.4 is 5.32 Å². The number of hydrogen-bond donors (Lipinski definition) is 2. The molecule has 1 unspecified atom stereocenters. The predicted molar refractivity (Wildman–Crippen MR) is 44.8 cm³/mol. The number of H-pyrrole nitrogens is 1. The highest BCUT2D eigenvalue weighted by atomic mass is 19.3. The third-order valence-corrected chi connectivity index (χ3v) is 1.81. The SMILES string of the molecule is CC(C(=O)Nc1ncn[nH]1)C(C)(F)F. The Kier molecular flexibility index (Phi) is 2.78. The van der Waals surface area contributed by atoms with Crippen LogP contribution in [0.3, 0.4) is 0 Å². The normalized spacial score (nSPS) is 13.7. The number of amides is 1. The number of nitrogens with zero attached hydrogens (tertiary/aromatic N) is 2. The van der Waals surface area contributed by atoms with Gasteiger partial charge < -0.3 is 0 Å². The summed E-state index contributed by atoms with van der Waals surface area (Å²) in [7, 11) is 0. The minimum atomic E-state index is -3.05. The van der Waals surface area contributed by atoms with E-state index in [1.165, 1.54) is 6.33 Å². The molecule has 7 heteroatoms. The van der Waals surface area contributed by atoms with Crippen molar-refractivity contribution in [2.75, 3.05) is 5.32 Å². The van der Waals surface area contributed by atoms with Gasteiger partial charge in [0.1, 0.15) is 6.33 Å². The van der Waals surface area contributed by atoms with Crippen LogP contribution in [0.15, 0.2) is 6.33 Å². The van der Waals surface area contributed by atoms with Crippen LogP contribution in [0.25, 0.3) is 0 Å². The van der Waals surface area contributed by atoms with Gasteiger partial charge in [-0.3, -0.25) is 10.1 Å². The Labute approximate surface area is 78.9 Å². The van der Waals surface area contributed by atoms with Crippen LogP contribution in [0.5, 0.6) is 0 Å². The molecule has 0 bridgehead atoms. The second-order valence-corrected chi connectivity index (χ2v) is 3.00. The second kappa shape index (κ2) is 3.69. The molecule has 0 aliphatic carbocycles. The van der Waals surface area contributed by atoms with Gasteiger partial charge in [0.25, 0.3) is 5.92 Å².